The number of phenols is 2. The highest BCUT2D eigenvalue weighted by molar-refractivity contribution is 9.10. The maximum absolute atomic E-state index is 10.5. The molecule has 0 aliphatic carbocycles. The molecule has 0 unspecified atom stereocenters. The van der Waals surface area contributed by atoms with Gasteiger partial charge in [-0.2, -0.15) is 0 Å². The maximum atomic E-state index is 10.5. The van der Waals surface area contributed by atoms with Crippen LogP contribution >= 0.6 is 15.9 Å². The molecule has 0 saturated heterocycles. The van der Waals surface area contributed by atoms with Crippen LogP contribution in [0.3, 0.4) is 0 Å². The lowest BCUT2D eigenvalue weighted by Gasteiger charge is -2.11. The number of benzene rings is 2. The SMILES string of the molecule is CCCCOc1ccc(-c2nc(Br)nc(-c3ccc(OCCCC)cc3O)n2)c(O)c1. The van der Waals surface area contributed by atoms with Gasteiger partial charge in [0.25, 0.3) is 0 Å². The van der Waals surface area contributed by atoms with E-state index in [2.05, 4.69) is 44.7 Å². The molecule has 0 fully saturated rings. The molecule has 1 aromatic heterocycles. The fraction of sp³-hybridized carbons (Fsp3) is 0.348. The second-order valence-electron chi connectivity index (χ2n) is 7.01. The number of halogens is 1. The summed E-state index contributed by atoms with van der Waals surface area (Å²) in [6.07, 6.45) is 3.95. The Labute approximate surface area is 190 Å². The standard InChI is InChI=1S/C23H26BrN3O4/c1-3-5-11-30-15-7-9-17(19(28)13-15)21-25-22(27-23(24)26-21)18-10-8-16(14-20(18)29)31-12-6-4-2/h7-10,13-14,28-29H,3-6,11-12H2,1-2H3. The van der Waals surface area contributed by atoms with Crippen LogP contribution in [0.4, 0.5) is 0 Å². The van der Waals surface area contributed by atoms with Gasteiger partial charge < -0.3 is 19.7 Å². The third-order valence-corrected chi connectivity index (χ3v) is 4.92. The van der Waals surface area contributed by atoms with Crippen LogP contribution in [0, 0.1) is 0 Å². The summed E-state index contributed by atoms with van der Waals surface area (Å²) in [5, 5.41) is 21.0. The summed E-state index contributed by atoms with van der Waals surface area (Å²) in [6, 6.07) is 10.0. The molecule has 0 atom stereocenters. The highest BCUT2D eigenvalue weighted by Gasteiger charge is 2.16. The minimum Gasteiger partial charge on any atom is -0.507 e. The van der Waals surface area contributed by atoms with Crippen molar-refractivity contribution in [2.45, 2.75) is 39.5 Å². The van der Waals surface area contributed by atoms with Crippen molar-refractivity contribution in [1.82, 2.24) is 15.0 Å². The summed E-state index contributed by atoms with van der Waals surface area (Å²) in [4.78, 5) is 13.0. The molecule has 8 heteroatoms. The number of phenolic OH excluding ortho intramolecular Hbond substituents is 2. The average Bonchev–Trinajstić information content (AvgIpc) is 2.74. The van der Waals surface area contributed by atoms with E-state index >= 15 is 0 Å². The zero-order valence-corrected chi connectivity index (χ0v) is 19.2. The van der Waals surface area contributed by atoms with Gasteiger partial charge >= 0.3 is 0 Å². The fourth-order valence-electron chi connectivity index (χ4n) is 2.84. The zero-order chi connectivity index (χ0) is 22.2. The average molecular weight is 488 g/mol. The van der Waals surface area contributed by atoms with E-state index in [9.17, 15) is 10.2 Å². The van der Waals surface area contributed by atoms with Crippen LogP contribution in [-0.4, -0.2) is 38.4 Å². The summed E-state index contributed by atoms with van der Waals surface area (Å²) in [5.74, 6) is 1.72. The lowest BCUT2D eigenvalue weighted by molar-refractivity contribution is 0.307. The van der Waals surface area contributed by atoms with Gasteiger partial charge in [0.1, 0.15) is 23.0 Å². The van der Waals surface area contributed by atoms with Crippen LogP contribution in [0.15, 0.2) is 41.1 Å². The first-order chi connectivity index (χ1) is 15.0. The molecule has 7 nitrogen and oxygen atoms in total. The Balaban J connectivity index is 1.87. The molecule has 1 heterocycles. The maximum Gasteiger partial charge on any atom is 0.200 e. The zero-order valence-electron chi connectivity index (χ0n) is 17.6. The summed E-state index contributed by atoms with van der Waals surface area (Å²) in [6.45, 7) is 5.36. The Morgan fingerprint density at radius 3 is 1.58 bits per heavy atom. The minimum atomic E-state index is 0.00180. The predicted octanol–water partition coefficient (Wildman–Crippen LogP) is 5.74. The van der Waals surface area contributed by atoms with Gasteiger partial charge in [0, 0.05) is 12.1 Å². The molecule has 31 heavy (non-hydrogen) atoms. The van der Waals surface area contributed by atoms with Crippen molar-refractivity contribution in [3.8, 4) is 45.8 Å². The molecule has 0 saturated carbocycles. The van der Waals surface area contributed by atoms with Gasteiger partial charge in [0.05, 0.1) is 24.3 Å². The summed E-state index contributed by atoms with van der Waals surface area (Å²) in [7, 11) is 0. The Morgan fingerprint density at radius 2 is 1.19 bits per heavy atom. The molecular weight excluding hydrogens is 462 g/mol. The van der Waals surface area contributed by atoms with Crippen molar-refractivity contribution >= 4 is 15.9 Å². The van der Waals surface area contributed by atoms with Crippen molar-refractivity contribution in [3.05, 3.63) is 41.1 Å². The monoisotopic (exact) mass is 487 g/mol. The Bertz CT molecular complexity index is 952. The van der Waals surface area contributed by atoms with Gasteiger partial charge in [0.15, 0.2) is 11.6 Å². The van der Waals surface area contributed by atoms with E-state index < -0.39 is 0 Å². The van der Waals surface area contributed by atoms with Gasteiger partial charge in [-0.3, -0.25) is 0 Å². The van der Waals surface area contributed by atoms with Gasteiger partial charge in [-0.25, -0.2) is 15.0 Å². The first-order valence-electron chi connectivity index (χ1n) is 10.4. The van der Waals surface area contributed by atoms with E-state index in [0.717, 1.165) is 25.7 Å². The normalized spacial score (nSPS) is 10.8. The van der Waals surface area contributed by atoms with Crippen LogP contribution in [-0.2, 0) is 0 Å². The molecule has 164 valence electrons. The van der Waals surface area contributed by atoms with Crippen LogP contribution < -0.4 is 9.47 Å². The molecule has 2 N–H and O–H groups in total. The molecule has 0 aliphatic heterocycles. The van der Waals surface area contributed by atoms with Crippen molar-refractivity contribution in [1.29, 1.82) is 0 Å². The highest BCUT2D eigenvalue weighted by atomic mass is 79.9. The molecule has 2 aromatic carbocycles. The van der Waals surface area contributed by atoms with Crippen molar-refractivity contribution in [2.24, 2.45) is 0 Å². The fourth-order valence-corrected chi connectivity index (χ4v) is 3.18. The largest absolute Gasteiger partial charge is 0.507 e. The van der Waals surface area contributed by atoms with Gasteiger partial charge in [-0.05, 0) is 53.0 Å². The molecule has 0 amide bonds. The third-order valence-electron chi connectivity index (χ3n) is 4.56. The van der Waals surface area contributed by atoms with Crippen molar-refractivity contribution in [2.75, 3.05) is 13.2 Å². The Morgan fingerprint density at radius 1 is 0.742 bits per heavy atom. The molecule has 0 spiro atoms. The highest BCUT2D eigenvalue weighted by Crippen LogP contribution is 2.34. The minimum absolute atomic E-state index is 0.00180. The van der Waals surface area contributed by atoms with Crippen molar-refractivity contribution < 1.29 is 19.7 Å². The van der Waals surface area contributed by atoms with Crippen LogP contribution in [0.1, 0.15) is 39.5 Å². The second kappa shape index (κ2) is 10.9. The topological polar surface area (TPSA) is 97.6 Å². The summed E-state index contributed by atoms with van der Waals surface area (Å²) >= 11 is 3.30. The van der Waals surface area contributed by atoms with E-state index in [0.29, 0.717) is 35.8 Å². The summed E-state index contributed by atoms with van der Waals surface area (Å²) in [5.41, 5.74) is 0.873. The van der Waals surface area contributed by atoms with E-state index in [4.69, 9.17) is 9.47 Å². The number of rotatable bonds is 10. The van der Waals surface area contributed by atoms with Crippen LogP contribution in [0.25, 0.3) is 22.8 Å². The molecule has 0 aliphatic rings. The number of aromatic nitrogens is 3. The first kappa shape index (κ1) is 22.8. The lowest BCUT2D eigenvalue weighted by Crippen LogP contribution is -2.00. The number of unbranched alkanes of at least 4 members (excludes halogenated alkanes) is 2. The molecule has 3 rings (SSSR count). The number of nitrogens with zero attached hydrogens (tertiary/aromatic N) is 3. The first-order valence-corrected chi connectivity index (χ1v) is 11.1. The van der Waals surface area contributed by atoms with Crippen LogP contribution in [0.2, 0.25) is 0 Å². The van der Waals surface area contributed by atoms with Crippen molar-refractivity contribution in [3.63, 3.8) is 0 Å². The lowest BCUT2D eigenvalue weighted by atomic mass is 10.1. The molecule has 0 radical (unpaired) electrons. The number of hydrogen-bond donors (Lipinski definition) is 2. The molecular formula is C23H26BrN3O4. The van der Waals surface area contributed by atoms with Gasteiger partial charge in [-0.15, -0.1) is 0 Å². The number of hydrogen-bond acceptors (Lipinski definition) is 7. The summed E-state index contributed by atoms with van der Waals surface area (Å²) < 4.78 is 11.5. The Hall–Kier alpha value is -2.87. The van der Waals surface area contributed by atoms with Crippen LogP contribution in [0.5, 0.6) is 23.0 Å². The molecule has 0 bridgehead atoms. The third kappa shape index (κ3) is 6.07. The smallest absolute Gasteiger partial charge is 0.200 e. The second-order valence-corrected chi connectivity index (χ2v) is 7.72. The number of aromatic hydroxyl groups is 2. The van der Waals surface area contributed by atoms with E-state index in [-0.39, 0.29) is 27.9 Å². The predicted molar refractivity (Wildman–Crippen MR) is 123 cm³/mol. The quantitative estimate of drug-likeness (QED) is 0.352. The van der Waals surface area contributed by atoms with Gasteiger partial charge in [-0.1, -0.05) is 26.7 Å². The van der Waals surface area contributed by atoms with Gasteiger partial charge in [0.2, 0.25) is 4.73 Å². The number of ether oxygens (including phenoxy) is 2. The molecule has 3 aromatic rings. The van der Waals surface area contributed by atoms with E-state index in [1.165, 1.54) is 0 Å². The van der Waals surface area contributed by atoms with E-state index in [1.807, 2.05) is 0 Å². The van der Waals surface area contributed by atoms with E-state index in [1.54, 1.807) is 36.4 Å². The Kier molecular flexibility index (Phi) is 8.06.